The summed E-state index contributed by atoms with van der Waals surface area (Å²) in [5.41, 5.74) is 1.71. The van der Waals surface area contributed by atoms with Crippen LogP contribution in [0, 0.1) is 0 Å². The van der Waals surface area contributed by atoms with E-state index in [0.717, 1.165) is 13.1 Å². The lowest BCUT2D eigenvalue weighted by atomic mass is 10.0. The minimum Gasteiger partial charge on any atom is -0.872 e. The summed E-state index contributed by atoms with van der Waals surface area (Å²) in [5, 5.41) is 12.5. The molecule has 4 rings (SSSR count). The number of hydrogen-bond acceptors (Lipinski definition) is 5. The van der Waals surface area contributed by atoms with Crippen LogP contribution in [0.5, 0.6) is 23.0 Å². The Morgan fingerprint density at radius 3 is 2.64 bits per heavy atom. The SMILES string of the molecule is COc1ccc(OC)c(C=C2Oc3c(ccc([O-])c3C[NH+]3CCCC3)C2=O)c1. The third-order valence-corrected chi connectivity index (χ3v) is 5.36. The van der Waals surface area contributed by atoms with Crippen molar-refractivity contribution in [1.82, 2.24) is 0 Å². The maximum atomic E-state index is 12.9. The van der Waals surface area contributed by atoms with Crippen molar-refractivity contribution in [3.8, 4) is 23.0 Å². The normalized spacial score (nSPS) is 17.6. The molecule has 2 aromatic carbocycles. The monoisotopic (exact) mass is 381 g/mol. The Balaban J connectivity index is 1.70. The van der Waals surface area contributed by atoms with Crippen LogP contribution in [0.2, 0.25) is 0 Å². The quantitative estimate of drug-likeness (QED) is 0.796. The number of nitrogens with one attached hydrogen (secondary N) is 1. The summed E-state index contributed by atoms with van der Waals surface area (Å²) in [6.45, 7) is 2.67. The molecule has 6 heteroatoms. The second-order valence-corrected chi connectivity index (χ2v) is 7.10. The third kappa shape index (κ3) is 3.31. The van der Waals surface area contributed by atoms with Crippen molar-refractivity contribution >= 4 is 11.9 Å². The fourth-order valence-electron chi connectivity index (χ4n) is 3.85. The fourth-order valence-corrected chi connectivity index (χ4v) is 3.85. The standard InChI is InChI=1S/C22H23NO5/c1-26-15-5-8-19(27-2)14(11-15)12-20-21(25)16-6-7-18(24)17(22(16)28-20)13-23-9-3-4-10-23/h5-8,11-12,24H,3-4,9-10,13H2,1-2H3. The minimum absolute atomic E-state index is 0.0776. The molecule has 1 fully saturated rings. The van der Waals surface area contributed by atoms with E-state index >= 15 is 0 Å². The number of fused-ring (bicyclic) bond motifs is 1. The van der Waals surface area contributed by atoms with Gasteiger partial charge in [0.25, 0.3) is 0 Å². The summed E-state index contributed by atoms with van der Waals surface area (Å²) in [6.07, 6.45) is 3.97. The molecule has 146 valence electrons. The van der Waals surface area contributed by atoms with E-state index in [9.17, 15) is 9.90 Å². The van der Waals surface area contributed by atoms with Crippen molar-refractivity contribution in [1.29, 1.82) is 0 Å². The summed E-state index contributed by atoms with van der Waals surface area (Å²) < 4.78 is 16.6. The van der Waals surface area contributed by atoms with Crippen molar-refractivity contribution in [2.24, 2.45) is 0 Å². The number of carbonyl (C=O) groups is 1. The van der Waals surface area contributed by atoms with Gasteiger partial charge in [-0.1, -0.05) is 11.8 Å². The number of rotatable bonds is 5. The topological polar surface area (TPSA) is 72.3 Å². The lowest BCUT2D eigenvalue weighted by molar-refractivity contribution is -0.901. The molecular weight excluding hydrogens is 358 g/mol. The number of Topliss-reactive ketones (excluding diaryl/α,β-unsaturated/α-hetero) is 1. The van der Waals surface area contributed by atoms with Gasteiger partial charge in [-0.3, -0.25) is 4.79 Å². The van der Waals surface area contributed by atoms with Crippen LogP contribution in [0.4, 0.5) is 0 Å². The molecule has 2 heterocycles. The molecule has 0 saturated carbocycles. The van der Waals surface area contributed by atoms with E-state index in [2.05, 4.69) is 0 Å². The van der Waals surface area contributed by atoms with Gasteiger partial charge in [0.1, 0.15) is 23.8 Å². The first-order chi connectivity index (χ1) is 13.6. The highest BCUT2D eigenvalue weighted by Gasteiger charge is 2.31. The van der Waals surface area contributed by atoms with Gasteiger partial charge in [-0.15, -0.1) is 0 Å². The van der Waals surface area contributed by atoms with Gasteiger partial charge in [-0.25, -0.2) is 0 Å². The second kappa shape index (κ2) is 7.56. The summed E-state index contributed by atoms with van der Waals surface area (Å²) in [4.78, 5) is 14.2. The smallest absolute Gasteiger partial charge is 0.231 e. The van der Waals surface area contributed by atoms with Crippen LogP contribution in [0.1, 0.15) is 34.3 Å². The first-order valence-corrected chi connectivity index (χ1v) is 9.43. The van der Waals surface area contributed by atoms with E-state index in [4.69, 9.17) is 14.2 Å². The zero-order valence-corrected chi connectivity index (χ0v) is 16.0. The Labute approximate surface area is 163 Å². The molecule has 0 bridgehead atoms. The lowest BCUT2D eigenvalue weighted by Gasteiger charge is -2.19. The van der Waals surface area contributed by atoms with Gasteiger partial charge in [0.2, 0.25) is 5.78 Å². The van der Waals surface area contributed by atoms with Crippen LogP contribution >= 0.6 is 0 Å². The largest absolute Gasteiger partial charge is 0.872 e. The van der Waals surface area contributed by atoms with Crippen LogP contribution in [0.15, 0.2) is 36.1 Å². The molecule has 0 radical (unpaired) electrons. The van der Waals surface area contributed by atoms with E-state index < -0.39 is 0 Å². The van der Waals surface area contributed by atoms with E-state index in [0.29, 0.717) is 40.5 Å². The van der Waals surface area contributed by atoms with Crippen molar-refractivity contribution in [2.45, 2.75) is 19.4 Å². The third-order valence-electron chi connectivity index (χ3n) is 5.36. The Kier molecular flexibility index (Phi) is 4.96. The van der Waals surface area contributed by atoms with Crippen molar-refractivity contribution in [3.63, 3.8) is 0 Å². The van der Waals surface area contributed by atoms with Crippen molar-refractivity contribution in [3.05, 3.63) is 52.8 Å². The minimum atomic E-state index is -0.224. The Morgan fingerprint density at radius 2 is 1.93 bits per heavy atom. The highest BCUT2D eigenvalue weighted by Crippen LogP contribution is 2.39. The number of hydrogen-bond donors (Lipinski definition) is 1. The van der Waals surface area contributed by atoms with Crippen LogP contribution in [0.3, 0.4) is 0 Å². The van der Waals surface area contributed by atoms with Crippen LogP contribution in [-0.4, -0.2) is 33.1 Å². The van der Waals surface area contributed by atoms with E-state index in [1.807, 2.05) is 0 Å². The number of methoxy groups -OCH3 is 2. The van der Waals surface area contributed by atoms with E-state index in [-0.39, 0.29) is 17.3 Å². The van der Waals surface area contributed by atoms with Gasteiger partial charge in [-0.2, -0.15) is 0 Å². The molecule has 1 saturated heterocycles. The van der Waals surface area contributed by atoms with Gasteiger partial charge in [-0.05, 0) is 30.3 Å². The molecule has 0 aliphatic carbocycles. The number of ether oxygens (including phenoxy) is 3. The number of ketones is 1. The summed E-state index contributed by atoms with van der Waals surface area (Å²) >= 11 is 0. The predicted octanol–water partition coefficient (Wildman–Crippen LogP) is 1.57. The zero-order chi connectivity index (χ0) is 19.7. The molecule has 2 aromatic rings. The zero-order valence-electron chi connectivity index (χ0n) is 16.0. The Morgan fingerprint density at radius 1 is 1.14 bits per heavy atom. The molecule has 0 amide bonds. The van der Waals surface area contributed by atoms with Gasteiger partial charge in [0.05, 0.1) is 32.9 Å². The van der Waals surface area contributed by atoms with Gasteiger partial charge in [0, 0.05) is 24.0 Å². The molecule has 0 unspecified atom stereocenters. The first-order valence-electron chi connectivity index (χ1n) is 9.43. The molecule has 6 nitrogen and oxygen atoms in total. The predicted molar refractivity (Wildman–Crippen MR) is 102 cm³/mol. The average molecular weight is 381 g/mol. The summed E-state index contributed by atoms with van der Waals surface area (Å²) in [6, 6.07) is 8.37. The lowest BCUT2D eigenvalue weighted by Crippen LogP contribution is -3.08. The molecular formula is C22H23NO5. The van der Waals surface area contributed by atoms with Crippen LogP contribution in [0.25, 0.3) is 6.08 Å². The van der Waals surface area contributed by atoms with Gasteiger partial charge in [0.15, 0.2) is 5.76 Å². The molecule has 28 heavy (non-hydrogen) atoms. The average Bonchev–Trinajstić information content (AvgIpc) is 3.32. The van der Waals surface area contributed by atoms with E-state index in [1.165, 1.54) is 23.8 Å². The van der Waals surface area contributed by atoms with Gasteiger partial charge >= 0.3 is 0 Å². The highest BCUT2D eigenvalue weighted by molar-refractivity contribution is 6.15. The number of likely N-dealkylation sites (tertiary alicyclic amines) is 1. The highest BCUT2D eigenvalue weighted by atomic mass is 16.5. The Hall–Kier alpha value is -2.99. The molecule has 0 atom stereocenters. The molecule has 0 aromatic heterocycles. The number of quaternary nitrogens is 1. The number of allylic oxidation sites excluding steroid dienone is 1. The Bertz CT molecular complexity index is 944. The summed E-state index contributed by atoms with van der Waals surface area (Å²) in [5.74, 6) is 1.54. The van der Waals surface area contributed by atoms with Crippen molar-refractivity contribution < 1.29 is 29.0 Å². The fraction of sp³-hybridized carbons (Fsp3) is 0.318. The van der Waals surface area contributed by atoms with Crippen LogP contribution in [-0.2, 0) is 6.54 Å². The van der Waals surface area contributed by atoms with Crippen molar-refractivity contribution in [2.75, 3.05) is 27.3 Å². The molecule has 1 N–H and O–H groups in total. The first kappa shape index (κ1) is 18.4. The second-order valence-electron chi connectivity index (χ2n) is 7.10. The molecule has 2 aliphatic heterocycles. The number of benzene rings is 2. The maximum absolute atomic E-state index is 12.9. The maximum Gasteiger partial charge on any atom is 0.231 e. The number of carbonyl (C=O) groups excluding carboxylic acids is 1. The molecule has 0 spiro atoms. The summed E-state index contributed by atoms with van der Waals surface area (Å²) in [7, 11) is 3.14. The van der Waals surface area contributed by atoms with E-state index in [1.54, 1.807) is 44.6 Å². The van der Waals surface area contributed by atoms with Crippen LogP contribution < -0.4 is 24.2 Å². The molecule has 2 aliphatic rings. The van der Waals surface area contributed by atoms with Gasteiger partial charge < -0.3 is 24.2 Å².